The van der Waals surface area contributed by atoms with Crippen LogP contribution in [0.5, 0.6) is 11.5 Å². The molecule has 0 aliphatic heterocycles. The fourth-order valence-corrected chi connectivity index (χ4v) is 4.06. The molecule has 0 spiro atoms. The zero-order chi connectivity index (χ0) is 23.1. The molecule has 1 atom stereocenters. The average Bonchev–Trinajstić information content (AvgIpc) is 2.59. The molecule has 0 aliphatic rings. The van der Waals surface area contributed by atoms with Crippen LogP contribution in [-0.2, 0) is 21.5 Å². The highest BCUT2D eigenvalue weighted by molar-refractivity contribution is 7.87. The Hall–Kier alpha value is -1.76. The van der Waals surface area contributed by atoms with Gasteiger partial charge in [-0.1, -0.05) is 47.6 Å². The van der Waals surface area contributed by atoms with E-state index in [1.807, 2.05) is 11.0 Å². The van der Waals surface area contributed by atoms with Crippen molar-refractivity contribution in [2.75, 3.05) is 19.4 Å². The first-order valence-electron chi connectivity index (χ1n) is 10.6. The molecular weight excluding hydrogens is 402 g/mol. The third-order valence-corrected chi connectivity index (χ3v) is 5.73. The van der Waals surface area contributed by atoms with Crippen molar-refractivity contribution in [2.24, 2.45) is 17.3 Å². The number of hydrogen-bond donors (Lipinski definition) is 0. The van der Waals surface area contributed by atoms with E-state index in [-0.39, 0.29) is 28.7 Å². The highest BCUT2D eigenvalue weighted by Gasteiger charge is 2.22. The Balaban J connectivity index is 3.05. The van der Waals surface area contributed by atoms with E-state index in [9.17, 15) is 13.2 Å². The van der Waals surface area contributed by atoms with E-state index in [4.69, 9.17) is 8.92 Å². The molecule has 1 aromatic rings. The molecule has 0 radical (unpaired) electrons. The molecule has 172 valence electrons. The van der Waals surface area contributed by atoms with Crippen LogP contribution in [0.15, 0.2) is 18.2 Å². The van der Waals surface area contributed by atoms with Gasteiger partial charge in [0.15, 0.2) is 11.5 Å². The van der Waals surface area contributed by atoms with Crippen LogP contribution in [0.4, 0.5) is 0 Å². The lowest BCUT2D eigenvalue weighted by Crippen LogP contribution is -2.35. The first kappa shape index (κ1) is 26.3. The summed E-state index contributed by atoms with van der Waals surface area (Å²) in [6.45, 7) is 15.4. The minimum absolute atomic E-state index is 0.111. The molecule has 0 bridgehead atoms. The molecule has 0 aromatic heterocycles. The summed E-state index contributed by atoms with van der Waals surface area (Å²) in [5.74, 6) is 1.08. The van der Waals surface area contributed by atoms with Gasteiger partial charge in [0.1, 0.15) is 0 Å². The monoisotopic (exact) mass is 441 g/mol. The molecule has 7 heteroatoms. The second-order valence-corrected chi connectivity index (χ2v) is 11.5. The summed E-state index contributed by atoms with van der Waals surface area (Å²) in [7, 11) is -2.22. The van der Waals surface area contributed by atoms with Crippen LogP contribution in [0.1, 0.15) is 66.9 Å². The fraction of sp³-hybridized carbons (Fsp3) is 0.696. The van der Waals surface area contributed by atoms with Gasteiger partial charge in [-0.05, 0) is 48.3 Å². The number of ether oxygens (including phenoxy) is 1. The van der Waals surface area contributed by atoms with Crippen molar-refractivity contribution in [3.05, 3.63) is 23.8 Å². The van der Waals surface area contributed by atoms with E-state index in [1.165, 1.54) is 14.0 Å². The second kappa shape index (κ2) is 11.0. The Morgan fingerprint density at radius 3 is 2.27 bits per heavy atom. The molecule has 0 saturated carbocycles. The average molecular weight is 442 g/mol. The van der Waals surface area contributed by atoms with Crippen LogP contribution in [-0.4, -0.2) is 38.6 Å². The maximum atomic E-state index is 13.0. The molecule has 0 saturated heterocycles. The molecule has 1 aromatic carbocycles. The smallest absolute Gasteiger partial charge is 0.309 e. The van der Waals surface area contributed by atoms with Gasteiger partial charge in [0.25, 0.3) is 0 Å². The summed E-state index contributed by atoms with van der Waals surface area (Å²) < 4.78 is 34.3. The first-order chi connectivity index (χ1) is 13.8. The number of methoxy groups -OCH3 is 1. The third-order valence-electron chi connectivity index (χ3n) is 4.59. The zero-order valence-electron chi connectivity index (χ0n) is 19.8. The Bertz CT molecular complexity index is 796. The fourth-order valence-electron chi connectivity index (χ4n) is 3.54. The summed E-state index contributed by atoms with van der Waals surface area (Å²) in [6.07, 6.45) is 1.47. The molecular formula is C23H39NO5S. The number of amides is 1. The third kappa shape index (κ3) is 9.37. The van der Waals surface area contributed by atoms with Crippen LogP contribution in [0, 0.1) is 17.3 Å². The van der Waals surface area contributed by atoms with E-state index in [0.29, 0.717) is 31.2 Å². The van der Waals surface area contributed by atoms with Crippen molar-refractivity contribution in [1.82, 2.24) is 4.90 Å². The number of benzene rings is 1. The molecule has 1 unspecified atom stereocenters. The molecule has 0 N–H and O–H groups in total. The van der Waals surface area contributed by atoms with Gasteiger partial charge in [-0.25, -0.2) is 0 Å². The zero-order valence-corrected chi connectivity index (χ0v) is 20.6. The lowest BCUT2D eigenvalue weighted by Gasteiger charge is -2.28. The predicted molar refractivity (Wildman–Crippen MR) is 121 cm³/mol. The summed E-state index contributed by atoms with van der Waals surface area (Å²) in [6, 6.07) is 5.16. The highest BCUT2D eigenvalue weighted by atomic mass is 32.2. The SMILES string of the molecule is CCS(=O)(=O)Oc1cc(CN(CC(C)C)C(=O)CC(C)CC(C)(C)C)ccc1OC. The van der Waals surface area contributed by atoms with Gasteiger partial charge >= 0.3 is 10.1 Å². The van der Waals surface area contributed by atoms with E-state index in [2.05, 4.69) is 41.5 Å². The second-order valence-electron chi connectivity index (χ2n) is 9.66. The van der Waals surface area contributed by atoms with Crippen molar-refractivity contribution in [1.29, 1.82) is 0 Å². The van der Waals surface area contributed by atoms with Crippen LogP contribution in [0.3, 0.4) is 0 Å². The molecule has 1 amide bonds. The van der Waals surface area contributed by atoms with Crippen molar-refractivity contribution in [3.8, 4) is 11.5 Å². The Kier molecular flexibility index (Phi) is 9.66. The quantitative estimate of drug-likeness (QED) is 0.458. The molecule has 0 heterocycles. The number of carbonyl (C=O) groups is 1. The van der Waals surface area contributed by atoms with Crippen molar-refractivity contribution in [3.63, 3.8) is 0 Å². The number of nitrogens with zero attached hydrogens (tertiary/aromatic N) is 1. The van der Waals surface area contributed by atoms with Crippen molar-refractivity contribution in [2.45, 2.75) is 67.9 Å². The van der Waals surface area contributed by atoms with Crippen LogP contribution < -0.4 is 8.92 Å². The molecule has 0 aliphatic carbocycles. The number of hydrogen-bond acceptors (Lipinski definition) is 5. The summed E-state index contributed by atoms with van der Waals surface area (Å²) in [4.78, 5) is 14.9. The van der Waals surface area contributed by atoms with Gasteiger partial charge in [0.2, 0.25) is 5.91 Å². The number of carbonyl (C=O) groups excluding carboxylic acids is 1. The van der Waals surface area contributed by atoms with E-state index in [1.54, 1.807) is 12.1 Å². The topological polar surface area (TPSA) is 72.9 Å². The van der Waals surface area contributed by atoms with Crippen molar-refractivity contribution < 1.29 is 22.1 Å². The molecule has 6 nitrogen and oxygen atoms in total. The Morgan fingerprint density at radius 1 is 1.13 bits per heavy atom. The van der Waals surface area contributed by atoms with Gasteiger partial charge in [-0.3, -0.25) is 4.79 Å². The Labute approximate surface area is 183 Å². The van der Waals surface area contributed by atoms with Crippen LogP contribution >= 0.6 is 0 Å². The van der Waals surface area contributed by atoms with Gasteiger partial charge in [0, 0.05) is 19.5 Å². The standard InChI is InChI=1S/C23H39NO5S/c1-9-30(26,27)29-21-13-19(10-11-20(21)28-8)16-24(15-17(2)3)22(25)12-18(4)14-23(5,6)7/h10-11,13,17-18H,9,12,14-16H2,1-8H3. The molecule has 30 heavy (non-hydrogen) atoms. The van der Waals surface area contributed by atoms with Gasteiger partial charge in [-0.2, -0.15) is 8.42 Å². The van der Waals surface area contributed by atoms with Gasteiger partial charge in [-0.15, -0.1) is 0 Å². The normalized spacial score (nSPS) is 13.2. The van der Waals surface area contributed by atoms with E-state index < -0.39 is 10.1 Å². The maximum absolute atomic E-state index is 13.0. The lowest BCUT2D eigenvalue weighted by molar-refractivity contribution is -0.133. The van der Waals surface area contributed by atoms with Gasteiger partial charge < -0.3 is 13.8 Å². The van der Waals surface area contributed by atoms with Crippen LogP contribution in [0.2, 0.25) is 0 Å². The predicted octanol–water partition coefficient (Wildman–Crippen LogP) is 4.87. The van der Waals surface area contributed by atoms with Crippen LogP contribution in [0.25, 0.3) is 0 Å². The maximum Gasteiger partial charge on any atom is 0.309 e. The van der Waals surface area contributed by atoms with Crippen molar-refractivity contribution >= 4 is 16.0 Å². The highest BCUT2D eigenvalue weighted by Crippen LogP contribution is 2.31. The summed E-state index contributed by atoms with van der Waals surface area (Å²) in [5.41, 5.74) is 0.977. The molecule has 0 fully saturated rings. The van der Waals surface area contributed by atoms with Gasteiger partial charge in [0.05, 0.1) is 12.9 Å². The number of rotatable bonds is 11. The van der Waals surface area contributed by atoms with E-state index >= 15 is 0 Å². The summed E-state index contributed by atoms with van der Waals surface area (Å²) >= 11 is 0. The Morgan fingerprint density at radius 2 is 1.77 bits per heavy atom. The summed E-state index contributed by atoms with van der Waals surface area (Å²) in [5, 5.41) is 0. The molecule has 1 rings (SSSR count). The first-order valence-corrected chi connectivity index (χ1v) is 12.2. The lowest BCUT2D eigenvalue weighted by atomic mass is 9.84. The van der Waals surface area contributed by atoms with E-state index in [0.717, 1.165) is 12.0 Å². The minimum Gasteiger partial charge on any atom is -0.493 e. The minimum atomic E-state index is -3.68. The largest absolute Gasteiger partial charge is 0.493 e.